The first-order valence-electron chi connectivity index (χ1n) is 11.7. The molecule has 1 aromatic carbocycles. The Labute approximate surface area is 194 Å². The average Bonchev–Trinajstić information content (AvgIpc) is 3.55. The molecular weight excluding hydrogens is 442 g/mol. The minimum atomic E-state index is -3.55. The molecule has 2 aliphatic heterocycles. The van der Waals surface area contributed by atoms with Crippen LogP contribution in [0.3, 0.4) is 0 Å². The van der Waals surface area contributed by atoms with Gasteiger partial charge in [0.2, 0.25) is 15.9 Å². The van der Waals surface area contributed by atoms with E-state index in [2.05, 4.69) is 0 Å². The monoisotopic (exact) mass is 471 g/mol. The number of carbonyl (C=O) groups excluding carboxylic acids is 2. The van der Waals surface area contributed by atoms with E-state index in [0.29, 0.717) is 62.8 Å². The lowest BCUT2D eigenvalue weighted by molar-refractivity contribution is -0.138. The second-order valence-corrected chi connectivity index (χ2v) is 11.0. The van der Waals surface area contributed by atoms with Gasteiger partial charge in [0.15, 0.2) is 5.76 Å². The van der Waals surface area contributed by atoms with Crippen LogP contribution in [0.4, 0.5) is 0 Å². The highest BCUT2D eigenvalue weighted by atomic mass is 32.2. The summed E-state index contributed by atoms with van der Waals surface area (Å²) in [5.74, 6) is 0.108. The van der Waals surface area contributed by atoms with Gasteiger partial charge in [-0.2, -0.15) is 4.31 Å². The predicted octanol–water partition coefficient (Wildman–Crippen LogP) is 2.15. The van der Waals surface area contributed by atoms with E-state index in [4.69, 9.17) is 4.42 Å². The number of piperazine rings is 1. The lowest BCUT2D eigenvalue weighted by Crippen LogP contribution is -2.53. The molecule has 0 N–H and O–H groups in total. The highest BCUT2D eigenvalue weighted by Crippen LogP contribution is 2.27. The molecule has 0 unspecified atom stereocenters. The number of aryl methyl sites for hydroxylation is 2. The van der Waals surface area contributed by atoms with Crippen LogP contribution in [0.5, 0.6) is 0 Å². The molecule has 8 nitrogen and oxygen atoms in total. The minimum Gasteiger partial charge on any atom is -0.459 e. The van der Waals surface area contributed by atoms with E-state index in [-0.39, 0.29) is 17.7 Å². The van der Waals surface area contributed by atoms with Crippen molar-refractivity contribution in [3.8, 4) is 0 Å². The Kier molecular flexibility index (Phi) is 6.01. The number of rotatable bonds is 4. The van der Waals surface area contributed by atoms with E-state index in [1.807, 2.05) is 12.1 Å². The maximum Gasteiger partial charge on any atom is 0.289 e. The Morgan fingerprint density at radius 1 is 0.879 bits per heavy atom. The van der Waals surface area contributed by atoms with Crippen LogP contribution in [-0.2, 0) is 27.7 Å². The van der Waals surface area contributed by atoms with Crippen molar-refractivity contribution in [1.29, 1.82) is 0 Å². The molecule has 0 radical (unpaired) electrons. The summed E-state index contributed by atoms with van der Waals surface area (Å²) in [7, 11) is -3.55. The van der Waals surface area contributed by atoms with Crippen molar-refractivity contribution in [3.63, 3.8) is 0 Å². The van der Waals surface area contributed by atoms with E-state index in [1.165, 1.54) is 16.1 Å². The van der Waals surface area contributed by atoms with E-state index < -0.39 is 10.0 Å². The van der Waals surface area contributed by atoms with Crippen molar-refractivity contribution in [2.45, 2.75) is 37.0 Å². The number of likely N-dealkylation sites (tertiary alicyclic amines) is 1. The van der Waals surface area contributed by atoms with Crippen LogP contribution in [0.2, 0.25) is 0 Å². The fraction of sp³-hybridized carbons (Fsp3) is 0.500. The van der Waals surface area contributed by atoms with E-state index in [9.17, 15) is 18.0 Å². The van der Waals surface area contributed by atoms with E-state index >= 15 is 0 Å². The Balaban J connectivity index is 1.15. The minimum absolute atomic E-state index is 0.0645. The average molecular weight is 472 g/mol. The highest BCUT2D eigenvalue weighted by Gasteiger charge is 2.35. The molecule has 2 saturated heterocycles. The molecule has 5 rings (SSSR count). The zero-order valence-electron chi connectivity index (χ0n) is 18.6. The van der Waals surface area contributed by atoms with Crippen LogP contribution in [0.1, 0.15) is 40.9 Å². The number of piperidine rings is 1. The van der Waals surface area contributed by atoms with Crippen LogP contribution >= 0.6 is 0 Å². The standard InChI is InChI=1S/C24H29N3O5S/c28-23(19-8-10-25(11-9-19)24(29)22-5-2-16-32-22)26-12-14-27(15-13-26)33(30,31)21-7-6-18-3-1-4-20(18)17-21/h2,5-7,16-17,19H,1,3-4,8-15H2. The zero-order chi connectivity index (χ0) is 23.0. The third-order valence-corrected chi connectivity index (χ3v) is 9.02. The Morgan fingerprint density at radius 2 is 1.61 bits per heavy atom. The lowest BCUT2D eigenvalue weighted by Gasteiger charge is -2.38. The Morgan fingerprint density at radius 3 is 2.30 bits per heavy atom. The molecule has 0 bridgehead atoms. The molecule has 3 aliphatic rings. The van der Waals surface area contributed by atoms with Gasteiger partial charge in [-0.3, -0.25) is 9.59 Å². The van der Waals surface area contributed by atoms with Crippen molar-refractivity contribution in [3.05, 3.63) is 53.5 Å². The summed E-state index contributed by atoms with van der Waals surface area (Å²) in [5, 5.41) is 0. The topological polar surface area (TPSA) is 91.1 Å². The van der Waals surface area contributed by atoms with Crippen LogP contribution in [0, 0.1) is 5.92 Å². The number of hydrogen-bond donors (Lipinski definition) is 0. The highest BCUT2D eigenvalue weighted by molar-refractivity contribution is 7.89. The molecule has 0 atom stereocenters. The predicted molar refractivity (Wildman–Crippen MR) is 121 cm³/mol. The van der Waals surface area contributed by atoms with Gasteiger partial charge in [-0.15, -0.1) is 0 Å². The maximum absolute atomic E-state index is 13.1. The van der Waals surface area contributed by atoms with Gasteiger partial charge in [-0.25, -0.2) is 8.42 Å². The summed E-state index contributed by atoms with van der Waals surface area (Å²) in [6, 6.07) is 8.82. The largest absolute Gasteiger partial charge is 0.459 e. The Bertz CT molecular complexity index is 1130. The first-order chi connectivity index (χ1) is 15.9. The fourth-order valence-corrected chi connectivity index (χ4v) is 6.62. The number of fused-ring (bicyclic) bond motifs is 1. The number of carbonyl (C=O) groups is 2. The number of sulfonamides is 1. The molecule has 2 aromatic rings. The van der Waals surface area contributed by atoms with Crippen molar-refractivity contribution < 1.29 is 22.4 Å². The molecule has 2 amide bonds. The number of furan rings is 1. The molecule has 9 heteroatoms. The van der Waals surface area contributed by atoms with Crippen molar-refractivity contribution in [2.24, 2.45) is 5.92 Å². The lowest BCUT2D eigenvalue weighted by atomic mass is 9.95. The molecule has 33 heavy (non-hydrogen) atoms. The number of hydrogen-bond acceptors (Lipinski definition) is 5. The molecule has 0 saturated carbocycles. The number of benzene rings is 1. The van der Waals surface area contributed by atoms with Gasteiger partial charge < -0.3 is 14.2 Å². The maximum atomic E-state index is 13.1. The quantitative estimate of drug-likeness (QED) is 0.682. The summed E-state index contributed by atoms with van der Waals surface area (Å²) in [4.78, 5) is 29.3. The van der Waals surface area contributed by atoms with Crippen molar-refractivity contribution in [1.82, 2.24) is 14.1 Å². The van der Waals surface area contributed by atoms with E-state index in [1.54, 1.807) is 28.0 Å². The van der Waals surface area contributed by atoms with Gasteiger partial charge >= 0.3 is 0 Å². The van der Waals surface area contributed by atoms with Crippen molar-refractivity contribution in [2.75, 3.05) is 39.3 Å². The second kappa shape index (κ2) is 8.95. The van der Waals surface area contributed by atoms with Crippen LogP contribution < -0.4 is 0 Å². The van der Waals surface area contributed by atoms with Crippen LogP contribution in [-0.4, -0.2) is 73.6 Å². The van der Waals surface area contributed by atoms with E-state index in [0.717, 1.165) is 24.8 Å². The third kappa shape index (κ3) is 4.31. The summed E-state index contributed by atoms with van der Waals surface area (Å²) in [6.45, 7) is 2.44. The smallest absolute Gasteiger partial charge is 0.289 e. The third-order valence-electron chi connectivity index (χ3n) is 7.12. The first kappa shape index (κ1) is 22.2. The molecular formula is C24H29N3O5S. The number of amides is 2. The summed E-state index contributed by atoms with van der Waals surface area (Å²) >= 11 is 0. The summed E-state index contributed by atoms with van der Waals surface area (Å²) in [6.07, 6.45) is 5.74. The van der Waals surface area contributed by atoms with Crippen LogP contribution in [0.25, 0.3) is 0 Å². The fourth-order valence-electron chi connectivity index (χ4n) is 5.15. The normalized spacial score (nSPS) is 20.1. The second-order valence-electron chi connectivity index (χ2n) is 9.06. The van der Waals surface area contributed by atoms with Gasteiger partial charge in [-0.1, -0.05) is 6.07 Å². The zero-order valence-corrected chi connectivity index (χ0v) is 19.4. The molecule has 1 aromatic heterocycles. The van der Waals surface area contributed by atoms with Gasteiger partial charge in [0.25, 0.3) is 5.91 Å². The van der Waals surface area contributed by atoms with Gasteiger partial charge in [0.1, 0.15) is 0 Å². The van der Waals surface area contributed by atoms with Gasteiger partial charge in [0, 0.05) is 45.2 Å². The molecule has 3 heterocycles. The molecule has 176 valence electrons. The van der Waals surface area contributed by atoms with Gasteiger partial charge in [-0.05, 0) is 67.5 Å². The van der Waals surface area contributed by atoms with Crippen LogP contribution in [0.15, 0.2) is 45.9 Å². The van der Waals surface area contributed by atoms with Crippen molar-refractivity contribution >= 4 is 21.8 Å². The molecule has 1 aliphatic carbocycles. The number of nitrogens with zero attached hydrogens (tertiary/aromatic N) is 3. The molecule has 0 spiro atoms. The Hall–Kier alpha value is -2.65. The summed E-state index contributed by atoms with van der Waals surface area (Å²) < 4.78 is 33.0. The SMILES string of the molecule is O=C(c1ccco1)N1CCC(C(=O)N2CCN(S(=O)(=O)c3ccc4c(c3)CCC4)CC2)CC1. The van der Waals surface area contributed by atoms with Gasteiger partial charge in [0.05, 0.1) is 11.2 Å². The first-order valence-corrected chi connectivity index (χ1v) is 13.1. The summed E-state index contributed by atoms with van der Waals surface area (Å²) in [5.41, 5.74) is 2.39. The molecule has 2 fully saturated rings.